The molecule has 0 radical (unpaired) electrons. The maximum absolute atomic E-state index is 13.1. The number of anilines is 2. The van der Waals surface area contributed by atoms with Crippen LogP contribution in [-0.2, 0) is 18.8 Å². The third kappa shape index (κ3) is 8.02. The van der Waals surface area contributed by atoms with E-state index in [1.165, 1.54) is 23.7 Å². The van der Waals surface area contributed by atoms with Crippen molar-refractivity contribution in [3.8, 4) is 0 Å². The van der Waals surface area contributed by atoms with Crippen LogP contribution in [0.5, 0.6) is 0 Å². The molecule has 1 aromatic heterocycles. The molecule has 15 heteroatoms. The summed E-state index contributed by atoms with van der Waals surface area (Å²) < 4.78 is 95.4. The highest BCUT2D eigenvalue weighted by molar-refractivity contribution is 7.09. The van der Waals surface area contributed by atoms with E-state index in [1.807, 2.05) is 5.32 Å². The summed E-state index contributed by atoms with van der Waals surface area (Å²) in [6.07, 6.45) is -9.52. The number of hydrogen-bond donors (Lipinski definition) is 2. The van der Waals surface area contributed by atoms with Gasteiger partial charge in [-0.25, -0.2) is 14.2 Å². The number of carbonyl (C=O) groups is 1. The number of alkyl halides is 6. The van der Waals surface area contributed by atoms with Crippen molar-refractivity contribution in [2.45, 2.75) is 18.8 Å². The molecule has 2 heterocycles. The van der Waals surface area contributed by atoms with Gasteiger partial charge in [0.1, 0.15) is 11.6 Å². The number of halogens is 7. The van der Waals surface area contributed by atoms with Gasteiger partial charge in [0.25, 0.3) is 0 Å². The van der Waals surface area contributed by atoms with E-state index in [9.17, 15) is 35.5 Å². The molecule has 0 unspecified atom stereocenters. The number of benzene rings is 2. The number of amides is 2. The first-order chi connectivity index (χ1) is 18.4. The predicted molar refractivity (Wildman–Crippen MR) is 131 cm³/mol. The standard InChI is InChI=1S/C24H23F7N6OS/c25-18-3-1-15(2-4-18)11-20-34-22(39-35-20)37-9-7-36(8-10-37)6-5-32-21(38)33-19-13-16(23(26,27)28)12-17(14-19)24(29,30)31/h1-4,12-14H,5-11H2,(H2,32,33,38). The Morgan fingerprint density at radius 2 is 1.54 bits per heavy atom. The van der Waals surface area contributed by atoms with Crippen LogP contribution in [0.3, 0.4) is 0 Å². The van der Waals surface area contributed by atoms with Crippen LogP contribution < -0.4 is 15.5 Å². The van der Waals surface area contributed by atoms with E-state index in [4.69, 9.17) is 0 Å². The van der Waals surface area contributed by atoms with Crippen LogP contribution in [0.15, 0.2) is 42.5 Å². The molecule has 2 amide bonds. The largest absolute Gasteiger partial charge is 0.416 e. The maximum Gasteiger partial charge on any atom is 0.416 e. The van der Waals surface area contributed by atoms with Crippen LogP contribution >= 0.6 is 11.5 Å². The summed E-state index contributed by atoms with van der Waals surface area (Å²) in [7, 11) is 0. The van der Waals surface area contributed by atoms with Crippen molar-refractivity contribution in [3.63, 3.8) is 0 Å². The van der Waals surface area contributed by atoms with Crippen molar-refractivity contribution in [1.82, 2.24) is 19.6 Å². The Bertz CT molecular complexity index is 1240. The van der Waals surface area contributed by atoms with Crippen LogP contribution in [0.2, 0.25) is 0 Å². The van der Waals surface area contributed by atoms with Crippen LogP contribution in [0.1, 0.15) is 22.5 Å². The van der Waals surface area contributed by atoms with E-state index in [-0.39, 0.29) is 18.4 Å². The van der Waals surface area contributed by atoms with Crippen LogP contribution in [0, 0.1) is 5.82 Å². The molecular formula is C24H23F7N6OS. The Morgan fingerprint density at radius 1 is 0.923 bits per heavy atom. The van der Waals surface area contributed by atoms with E-state index in [2.05, 4.69) is 24.5 Å². The minimum Gasteiger partial charge on any atom is -0.344 e. The van der Waals surface area contributed by atoms with Crippen molar-refractivity contribution in [1.29, 1.82) is 0 Å². The number of nitrogens with zero attached hydrogens (tertiary/aromatic N) is 4. The van der Waals surface area contributed by atoms with Gasteiger partial charge in [-0.1, -0.05) is 12.1 Å². The first-order valence-electron chi connectivity index (χ1n) is 11.8. The number of urea groups is 1. The van der Waals surface area contributed by atoms with Gasteiger partial charge < -0.3 is 15.5 Å². The first-order valence-corrected chi connectivity index (χ1v) is 12.5. The van der Waals surface area contributed by atoms with E-state index in [1.54, 1.807) is 12.1 Å². The lowest BCUT2D eigenvalue weighted by Gasteiger charge is -2.34. The molecule has 0 aliphatic carbocycles. The predicted octanol–water partition coefficient (Wildman–Crippen LogP) is 5.25. The third-order valence-electron chi connectivity index (χ3n) is 5.93. The highest BCUT2D eigenvalue weighted by Gasteiger charge is 2.37. The highest BCUT2D eigenvalue weighted by atomic mass is 32.1. The molecular weight excluding hydrogens is 553 g/mol. The van der Waals surface area contributed by atoms with E-state index < -0.39 is 35.2 Å². The molecule has 39 heavy (non-hydrogen) atoms. The highest BCUT2D eigenvalue weighted by Crippen LogP contribution is 2.37. The fourth-order valence-electron chi connectivity index (χ4n) is 3.92. The van der Waals surface area contributed by atoms with Crippen molar-refractivity contribution >= 4 is 28.4 Å². The number of carbonyl (C=O) groups excluding carboxylic acids is 1. The van der Waals surface area contributed by atoms with Gasteiger partial charge in [-0.05, 0) is 35.9 Å². The summed E-state index contributed by atoms with van der Waals surface area (Å²) in [6, 6.07) is 6.12. The summed E-state index contributed by atoms with van der Waals surface area (Å²) in [5.41, 5.74) is -2.73. The lowest BCUT2D eigenvalue weighted by atomic mass is 10.1. The normalized spacial score (nSPS) is 14.9. The lowest BCUT2D eigenvalue weighted by molar-refractivity contribution is -0.143. The molecule has 2 aromatic carbocycles. The molecule has 210 valence electrons. The zero-order valence-electron chi connectivity index (χ0n) is 20.2. The smallest absolute Gasteiger partial charge is 0.344 e. The maximum atomic E-state index is 13.1. The molecule has 1 saturated heterocycles. The molecule has 2 N–H and O–H groups in total. The van der Waals surface area contributed by atoms with E-state index >= 15 is 0 Å². The van der Waals surface area contributed by atoms with Gasteiger partial charge in [0, 0.05) is 62.9 Å². The molecule has 0 atom stereocenters. The fraction of sp³-hybridized carbons (Fsp3) is 0.375. The van der Waals surface area contributed by atoms with Gasteiger partial charge in [-0.15, -0.1) is 0 Å². The zero-order chi connectivity index (χ0) is 28.2. The Hall–Kier alpha value is -3.46. The summed E-state index contributed by atoms with van der Waals surface area (Å²) >= 11 is 1.27. The lowest BCUT2D eigenvalue weighted by Crippen LogP contribution is -2.48. The fourth-order valence-corrected chi connectivity index (χ4v) is 4.66. The van der Waals surface area contributed by atoms with E-state index in [0.717, 1.165) is 10.7 Å². The van der Waals surface area contributed by atoms with Crippen LogP contribution in [0.25, 0.3) is 0 Å². The van der Waals surface area contributed by atoms with Crippen LogP contribution in [0.4, 0.5) is 46.3 Å². The van der Waals surface area contributed by atoms with Crippen LogP contribution in [-0.4, -0.2) is 59.6 Å². The molecule has 3 aromatic rings. The summed E-state index contributed by atoms with van der Waals surface area (Å²) in [4.78, 5) is 20.8. The SMILES string of the molecule is O=C(NCCN1CCN(c2nc(Cc3ccc(F)cc3)ns2)CC1)Nc1cc(C(F)(F)F)cc(C(F)(F)F)c1. The molecule has 1 aliphatic rings. The summed E-state index contributed by atoms with van der Waals surface area (Å²) in [5, 5.41) is 5.27. The van der Waals surface area contributed by atoms with Gasteiger partial charge >= 0.3 is 18.4 Å². The Balaban J connectivity index is 1.22. The molecule has 1 fully saturated rings. The number of piperazine rings is 1. The first kappa shape index (κ1) is 28.5. The van der Waals surface area contributed by atoms with Gasteiger partial charge in [0.05, 0.1) is 11.1 Å². The quantitative estimate of drug-likeness (QED) is 0.376. The molecule has 0 saturated carbocycles. The second-order valence-electron chi connectivity index (χ2n) is 8.80. The van der Waals surface area contributed by atoms with E-state index in [0.29, 0.717) is 57.1 Å². The Kier molecular flexibility index (Phi) is 8.59. The van der Waals surface area contributed by atoms with Gasteiger partial charge in [-0.2, -0.15) is 30.7 Å². The Morgan fingerprint density at radius 3 is 2.13 bits per heavy atom. The number of nitrogens with one attached hydrogen (secondary N) is 2. The zero-order valence-corrected chi connectivity index (χ0v) is 21.1. The topological polar surface area (TPSA) is 73.4 Å². The van der Waals surface area contributed by atoms with Crippen molar-refractivity contribution in [2.75, 3.05) is 49.5 Å². The number of rotatable bonds is 7. The Labute approximate surface area is 222 Å². The molecule has 0 spiro atoms. The monoisotopic (exact) mass is 576 g/mol. The van der Waals surface area contributed by atoms with Gasteiger partial charge in [-0.3, -0.25) is 4.90 Å². The van der Waals surface area contributed by atoms with Gasteiger partial charge in [0.15, 0.2) is 0 Å². The van der Waals surface area contributed by atoms with Crippen molar-refractivity contribution in [3.05, 3.63) is 70.8 Å². The average molecular weight is 577 g/mol. The van der Waals surface area contributed by atoms with Crippen molar-refractivity contribution in [2.24, 2.45) is 0 Å². The van der Waals surface area contributed by atoms with Crippen molar-refractivity contribution < 1.29 is 35.5 Å². The average Bonchev–Trinajstić information content (AvgIpc) is 3.33. The minimum atomic E-state index is -5.00. The van der Waals surface area contributed by atoms with Gasteiger partial charge in [0.2, 0.25) is 5.13 Å². The summed E-state index contributed by atoms with van der Waals surface area (Å²) in [6.45, 7) is 3.18. The number of aromatic nitrogens is 2. The third-order valence-corrected chi connectivity index (χ3v) is 6.75. The number of hydrogen-bond acceptors (Lipinski definition) is 6. The second kappa shape index (κ2) is 11.7. The molecule has 0 bridgehead atoms. The molecule has 4 rings (SSSR count). The summed E-state index contributed by atoms with van der Waals surface area (Å²) in [5.74, 6) is 0.331. The second-order valence-corrected chi connectivity index (χ2v) is 9.53. The minimum absolute atomic E-state index is 0.00311. The molecule has 1 aliphatic heterocycles. The molecule has 7 nitrogen and oxygen atoms in total.